The highest BCUT2D eigenvalue weighted by molar-refractivity contribution is 6.15. The van der Waals surface area contributed by atoms with E-state index >= 15 is 0 Å². The molecule has 0 spiro atoms. The molecule has 0 saturated carbocycles. The molecule has 11 rings (SSSR count). The van der Waals surface area contributed by atoms with E-state index < -0.39 is 0 Å². The minimum atomic E-state index is 0.563. The number of nitriles is 1. The highest BCUT2D eigenvalue weighted by atomic mass is 15.1. The number of rotatable bonds is 4. The Labute approximate surface area is 316 Å². The van der Waals surface area contributed by atoms with Crippen LogP contribution in [-0.4, -0.2) is 13.7 Å². The van der Waals surface area contributed by atoms with Crippen molar-refractivity contribution in [3.8, 4) is 34.3 Å². The van der Waals surface area contributed by atoms with Crippen molar-refractivity contribution in [1.82, 2.24) is 13.7 Å². The van der Waals surface area contributed by atoms with Crippen LogP contribution in [0.4, 0.5) is 5.69 Å². The van der Waals surface area contributed by atoms with E-state index in [1.54, 1.807) is 0 Å². The van der Waals surface area contributed by atoms with Crippen molar-refractivity contribution in [2.75, 3.05) is 0 Å². The molecule has 55 heavy (non-hydrogen) atoms. The molecule has 8 aromatic carbocycles. The second kappa shape index (κ2) is 11.8. The third kappa shape index (κ3) is 4.39. The summed E-state index contributed by atoms with van der Waals surface area (Å²) in [5, 5.41) is 16.9. The average Bonchev–Trinajstić information content (AvgIpc) is 3.89. The van der Waals surface area contributed by atoms with Crippen molar-refractivity contribution in [1.29, 1.82) is 5.26 Å². The summed E-state index contributed by atoms with van der Waals surface area (Å²) >= 11 is 0. The van der Waals surface area contributed by atoms with Gasteiger partial charge in [-0.3, -0.25) is 0 Å². The predicted octanol–water partition coefficient (Wildman–Crippen LogP) is 13.1. The maximum atomic E-state index is 10.1. The van der Waals surface area contributed by atoms with Crippen LogP contribution in [0, 0.1) is 17.9 Å². The molecule has 0 aliphatic carbocycles. The average molecular weight is 700 g/mol. The first-order valence-electron chi connectivity index (χ1n) is 18.3. The Hall–Kier alpha value is -7.86. The summed E-state index contributed by atoms with van der Waals surface area (Å²) in [6, 6.07) is 63.7. The first-order chi connectivity index (χ1) is 27.2. The minimum absolute atomic E-state index is 0.563. The lowest BCUT2D eigenvalue weighted by Crippen LogP contribution is -2.01. The van der Waals surface area contributed by atoms with Crippen molar-refractivity contribution >= 4 is 71.1 Å². The summed E-state index contributed by atoms with van der Waals surface area (Å²) in [5.41, 5.74) is 12.7. The van der Waals surface area contributed by atoms with Crippen molar-refractivity contribution < 1.29 is 0 Å². The Morgan fingerprint density at radius 2 is 1.00 bits per heavy atom. The maximum absolute atomic E-state index is 10.1. The van der Waals surface area contributed by atoms with Gasteiger partial charge in [-0.05, 0) is 77.9 Å². The Morgan fingerprint density at radius 1 is 0.455 bits per heavy atom. The molecule has 3 heterocycles. The van der Waals surface area contributed by atoms with Gasteiger partial charge in [-0.2, -0.15) is 5.26 Å². The van der Waals surface area contributed by atoms with Crippen LogP contribution < -0.4 is 0 Å². The molecule has 0 saturated heterocycles. The molecule has 0 unspecified atom stereocenters. The standard InChI is InChI=1S/C50H29N5/c1-52-34-27-28-46(54-45-24-9-5-19-40(45)49-33(31-51)14-11-25-47(49)54)41(30-34)32-13-10-15-35(29-32)53-42-21-6-4-18-38(42)39-20-12-26-48(50(39)53)55-43-22-7-2-16-36(43)37-17-3-8-23-44(37)55/h2-30H. The third-order valence-corrected chi connectivity index (χ3v) is 11.1. The molecule has 0 radical (unpaired) electrons. The molecule has 0 N–H and O–H groups in total. The fourth-order valence-corrected chi connectivity index (χ4v) is 8.84. The number of aromatic nitrogens is 3. The highest BCUT2D eigenvalue weighted by Crippen LogP contribution is 2.42. The number of nitrogens with zero attached hydrogens (tertiary/aromatic N) is 5. The Morgan fingerprint density at radius 3 is 1.69 bits per heavy atom. The van der Waals surface area contributed by atoms with Crippen LogP contribution in [0.2, 0.25) is 0 Å². The first-order valence-corrected chi connectivity index (χ1v) is 18.3. The Balaban J connectivity index is 1.21. The van der Waals surface area contributed by atoms with Crippen molar-refractivity contribution in [2.45, 2.75) is 0 Å². The van der Waals surface area contributed by atoms with E-state index in [9.17, 15) is 5.26 Å². The van der Waals surface area contributed by atoms with Gasteiger partial charge in [0.1, 0.15) is 0 Å². The van der Waals surface area contributed by atoms with Crippen molar-refractivity contribution in [3.63, 3.8) is 0 Å². The van der Waals surface area contributed by atoms with Gasteiger partial charge in [-0.1, -0.05) is 109 Å². The lowest BCUT2D eigenvalue weighted by molar-refractivity contribution is 1.13. The largest absolute Gasteiger partial charge is 0.309 e. The van der Waals surface area contributed by atoms with E-state index in [0.29, 0.717) is 11.3 Å². The zero-order valence-electron chi connectivity index (χ0n) is 29.5. The molecule has 0 aliphatic rings. The molecule has 254 valence electrons. The molecule has 0 fully saturated rings. The predicted molar refractivity (Wildman–Crippen MR) is 226 cm³/mol. The fraction of sp³-hybridized carbons (Fsp3) is 0. The van der Waals surface area contributed by atoms with Crippen LogP contribution in [-0.2, 0) is 0 Å². The molecular weight excluding hydrogens is 671 g/mol. The van der Waals surface area contributed by atoms with Gasteiger partial charge in [0.15, 0.2) is 5.69 Å². The van der Waals surface area contributed by atoms with Crippen LogP contribution in [0.5, 0.6) is 0 Å². The lowest BCUT2D eigenvalue weighted by Gasteiger charge is -2.17. The van der Waals surface area contributed by atoms with E-state index in [4.69, 9.17) is 6.57 Å². The zero-order valence-corrected chi connectivity index (χ0v) is 29.5. The van der Waals surface area contributed by atoms with E-state index in [-0.39, 0.29) is 0 Å². The molecular formula is C50H29N5. The second-order valence-electron chi connectivity index (χ2n) is 13.9. The molecule has 5 heteroatoms. The highest BCUT2D eigenvalue weighted by Gasteiger charge is 2.22. The normalized spacial score (nSPS) is 11.6. The maximum Gasteiger partial charge on any atom is 0.188 e. The minimum Gasteiger partial charge on any atom is -0.309 e. The summed E-state index contributed by atoms with van der Waals surface area (Å²) in [4.78, 5) is 3.86. The molecule has 3 aromatic heterocycles. The van der Waals surface area contributed by atoms with Crippen LogP contribution in [0.1, 0.15) is 5.56 Å². The third-order valence-electron chi connectivity index (χ3n) is 11.1. The van der Waals surface area contributed by atoms with Crippen LogP contribution in [0.15, 0.2) is 176 Å². The van der Waals surface area contributed by atoms with Gasteiger partial charge in [0.25, 0.3) is 0 Å². The summed E-state index contributed by atoms with van der Waals surface area (Å²) in [5.74, 6) is 0. The van der Waals surface area contributed by atoms with Gasteiger partial charge in [0, 0.05) is 38.0 Å². The van der Waals surface area contributed by atoms with Gasteiger partial charge in [-0.15, -0.1) is 0 Å². The van der Waals surface area contributed by atoms with Gasteiger partial charge in [0.2, 0.25) is 0 Å². The number of hydrogen-bond donors (Lipinski definition) is 0. The molecule has 0 amide bonds. The van der Waals surface area contributed by atoms with Crippen LogP contribution >= 0.6 is 0 Å². The van der Waals surface area contributed by atoms with Gasteiger partial charge in [0.05, 0.1) is 62.7 Å². The number of para-hydroxylation sites is 5. The Bertz CT molecular complexity index is 3420. The van der Waals surface area contributed by atoms with Crippen molar-refractivity contribution in [3.05, 3.63) is 193 Å². The fourth-order valence-electron chi connectivity index (χ4n) is 8.84. The summed E-state index contributed by atoms with van der Waals surface area (Å²) in [6.45, 7) is 7.98. The van der Waals surface area contributed by atoms with E-state index in [2.05, 4.69) is 158 Å². The smallest absolute Gasteiger partial charge is 0.188 e. The topological polar surface area (TPSA) is 42.9 Å². The Kier molecular flexibility index (Phi) is 6.61. The van der Waals surface area contributed by atoms with E-state index in [1.807, 2.05) is 42.5 Å². The molecule has 5 nitrogen and oxygen atoms in total. The molecule has 0 atom stereocenters. The monoisotopic (exact) mass is 699 g/mol. The number of hydrogen-bond acceptors (Lipinski definition) is 1. The quantitative estimate of drug-likeness (QED) is 0.169. The molecule has 11 aromatic rings. The first kappa shape index (κ1) is 30.7. The molecule has 0 bridgehead atoms. The van der Waals surface area contributed by atoms with Gasteiger partial charge < -0.3 is 13.7 Å². The van der Waals surface area contributed by atoms with Crippen LogP contribution in [0.3, 0.4) is 0 Å². The van der Waals surface area contributed by atoms with Gasteiger partial charge >= 0.3 is 0 Å². The molecule has 0 aliphatic heterocycles. The summed E-state index contributed by atoms with van der Waals surface area (Å²) in [7, 11) is 0. The number of benzene rings is 8. The second-order valence-corrected chi connectivity index (χ2v) is 13.9. The summed E-state index contributed by atoms with van der Waals surface area (Å²) in [6.07, 6.45) is 0. The zero-order chi connectivity index (χ0) is 36.6. The summed E-state index contributed by atoms with van der Waals surface area (Å²) < 4.78 is 7.04. The van der Waals surface area contributed by atoms with Crippen molar-refractivity contribution in [2.24, 2.45) is 0 Å². The van der Waals surface area contributed by atoms with Gasteiger partial charge in [-0.25, -0.2) is 4.85 Å². The van der Waals surface area contributed by atoms with E-state index in [0.717, 1.165) is 72.1 Å². The number of fused-ring (bicyclic) bond motifs is 9. The van der Waals surface area contributed by atoms with Crippen LogP contribution in [0.25, 0.3) is 98.5 Å². The SMILES string of the molecule is [C-]#[N+]c1ccc(-n2c3ccccc3c3c(C#N)cccc32)c(-c2cccc(-n3c4ccccc4c4cccc(-n5c6ccccc6c6ccccc65)c43)c2)c1. The van der Waals surface area contributed by atoms with E-state index in [1.165, 1.54) is 21.5 Å². The lowest BCUT2D eigenvalue weighted by atomic mass is 10.0.